The highest BCUT2D eigenvalue weighted by atomic mass is 35.5. The van der Waals surface area contributed by atoms with Gasteiger partial charge in [0, 0.05) is 41.4 Å². The fourth-order valence-corrected chi connectivity index (χ4v) is 3.92. The van der Waals surface area contributed by atoms with E-state index in [-0.39, 0.29) is 0 Å². The summed E-state index contributed by atoms with van der Waals surface area (Å²) in [6, 6.07) is 15.8. The molecule has 2 aromatic carbocycles. The quantitative estimate of drug-likeness (QED) is 0.558. The lowest BCUT2D eigenvalue weighted by Gasteiger charge is -2.29. The Balaban J connectivity index is 1.55. The molecule has 2 aromatic heterocycles. The van der Waals surface area contributed by atoms with E-state index in [2.05, 4.69) is 15.1 Å². The van der Waals surface area contributed by atoms with Gasteiger partial charge in [-0.2, -0.15) is 5.10 Å². The van der Waals surface area contributed by atoms with Gasteiger partial charge in [0.25, 0.3) is 0 Å². The van der Waals surface area contributed by atoms with Crippen LogP contribution in [0.1, 0.15) is 17.0 Å². The fourth-order valence-electron chi connectivity index (χ4n) is 3.73. The first kappa shape index (κ1) is 16.3. The van der Waals surface area contributed by atoms with Crippen molar-refractivity contribution in [2.75, 3.05) is 11.4 Å². The largest absolute Gasteiger partial charge is 0.350 e. The maximum Gasteiger partial charge on any atom is 0.151 e. The molecule has 0 saturated heterocycles. The van der Waals surface area contributed by atoms with Crippen molar-refractivity contribution >= 4 is 28.5 Å². The number of hydrogen-bond acceptors (Lipinski definition) is 4. The average molecular weight is 376 g/mol. The van der Waals surface area contributed by atoms with Crippen molar-refractivity contribution in [2.24, 2.45) is 0 Å². The fraction of sp³-hybridized carbons (Fsp3) is 0.190. The lowest BCUT2D eigenvalue weighted by molar-refractivity contribution is 0.708. The molecule has 1 aliphatic rings. The molecule has 5 nitrogen and oxygen atoms in total. The highest BCUT2D eigenvalue weighted by molar-refractivity contribution is 6.30. The summed E-state index contributed by atoms with van der Waals surface area (Å²) in [5, 5.41) is 8.48. The molecule has 5 rings (SSSR count). The minimum absolute atomic E-state index is 0.716. The molecule has 27 heavy (non-hydrogen) atoms. The number of aryl methyl sites for hydroxylation is 1. The number of aromatic nitrogens is 4. The van der Waals surface area contributed by atoms with Crippen molar-refractivity contribution < 1.29 is 0 Å². The topological polar surface area (TPSA) is 57.7 Å². The smallest absolute Gasteiger partial charge is 0.151 e. The van der Waals surface area contributed by atoms with Crippen molar-refractivity contribution in [2.45, 2.75) is 19.9 Å². The average Bonchev–Trinajstić information content (AvgIpc) is 3.10. The maximum atomic E-state index is 6.18. The van der Waals surface area contributed by atoms with Crippen molar-refractivity contribution in [1.82, 2.24) is 20.2 Å². The minimum atomic E-state index is 0.716. The summed E-state index contributed by atoms with van der Waals surface area (Å²) in [5.41, 5.74) is 7.19. The summed E-state index contributed by atoms with van der Waals surface area (Å²) in [4.78, 5) is 11.9. The van der Waals surface area contributed by atoms with Crippen LogP contribution >= 0.6 is 11.6 Å². The predicted octanol–water partition coefficient (Wildman–Crippen LogP) is 4.54. The molecule has 134 valence electrons. The van der Waals surface area contributed by atoms with Crippen molar-refractivity contribution in [3.05, 3.63) is 70.5 Å². The Labute approximate surface area is 162 Å². The van der Waals surface area contributed by atoms with E-state index in [0.717, 1.165) is 53.3 Å². The number of benzene rings is 2. The molecule has 0 unspecified atom stereocenters. The molecular formula is C21H18ClN5. The Bertz CT molecular complexity index is 1150. The Kier molecular flexibility index (Phi) is 3.83. The molecule has 0 saturated carbocycles. The van der Waals surface area contributed by atoms with Crippen molar-refractivity contribution in [3.63, 3.8) is 0 Å². The minimum Gasteiger partial charge on any atom is -0.350 e. The molecule has 3 heterocycles. The number of anilines is 1. The Hall–Kier alpha value is -2.92. The number of nitrogens with one attached hydrogen (secondary N) is 1. The van der Waals surface area contributed by atoms with Crippen LogP contribution in [0, 0.1) is 6.92 Å². The predicted molar refractivity (Wildman–Crippen MR) is 108 cm³/mol. The van der Waals surface area contributed by atoms with Crippen LogP contribution in [-0.4, -0.2) is 26.7 Å². The summed E-state index contributed by atoms with van der Waals surface area (Å²) in [7, 11) is 0. The van der Waals surface area contributed by atoms with Gasteiger partial charge in [-0.25, -0.2) is 9.97 Å². The van der Waals surface area contributed by atoms with E-state index < -0.39 is 0 Å². The Morgan fingerprint density at radius 1 is 1.04 bits per heavy atom. The third kappa shape index (κ3) is 2.84. The lowest BCUT2D eigenvalue weighted by Crippen LogP contribution is -2.31. The second kappa shape index (κ2) is 6.35. The van der Waals surface area contributed by atoms with E-state index in [1.54, 1.807) is 0 Å². The normalized spacial score (nSPS) is 13.8. The van der Waals surface area contributed by atoms with Gasteiger partial charge in [-0.05, 0) is 31.2 Å². The number of aromatic amines is 1. The number of para-hydroxylation sites is 2. The van der Waals surface area contributed by atoms with Gasteiger partial charge in [0.05, 0.1) is 22.4 Å². The van der Waals surface area contributed by atoms with Crippen LogP contribution in [0.5, 0.6) is 0 Å². The van der Waals surface area contributed by atoms with E-state index in [1.165, 1.54) is 11.3 Å². The molecular weight excluding hydrogens is 358 g/mol. The molecule has 0 atom stereocenters. The Morgan fingerprint density at radius 3 is 2.67 bits per heavy atom. The molecule has 1 aliphatic heterocycles. The van der Waals surface area contributed by atoms with Crippen LogP contribution in [-0.2, 0) is 13.0 Å². The number of hydrogen-bond donors (Lipinski definition) is 1. The van der Waals surface area contributed by atoms with Gasteiger partial charge in [-0.15, -0.1) is 0 Å². The number of nitrogens with zero attached hydrogens (tertiary/aromatic N) is 4. The molecule has 1 N–H and O–H groups in total. The number of halogens is 1. The second-order valence-electron chi connectivity index (χ2n) is 6.83. The Morgan fingerprint density at radius 2 is 1.85 bits per heavy atom. The second-order valence-corrected chi connectivity index (χ2v) is 7.27. The first-order valence-electron chi connectivity index (χ1n) is 8.99. The van der Waals surface area contributed by atoms with Crippen molar-refractivity contribution in [1.29, 1.82) is 0 Å². The number of fused-ring (bicyclic) bond motifs is 2. The summed E-state index contributed by atoms with van der Waals surface area (Å²) >= 11 is 6.18. The highest BCUT2D eigenvalue weighted by Crippen LogP contribution is 2.32. The van der Waals surface area contributed by atoms with E-state index >= 15 is 0 Å². The third-order valence-corrected chi connectivity index (χ3v) is 5.29. The first-order chi connectivity index (χ1) is 13.2. The van der Waals surface area contributed by atoms with Crippen LogP contribution in [0.2, 0.25) is 5.02 Å². The van der Waals surface area contributed by atoms with Crippen LogP contribution in [0.15, 0.2) is 48.5 Å². The van der Waals surface area contributed by atoms with Gasteiger partial charge in [0.1, 0.15) is 0 Å². The summed E-state index contributed by atoms with van der Waals surface area (Å²) in [6.07, 6.45) is 0.900. The maximum absolute atomic E-state index is 6.18. The molecule has 0 spiro atoms. The van der Waals surface area contributed by atoms with Crippen LogP contribution < -0.4 is 4.90 Å². The SMILES string of the molecule is Cc1nc2ccccc2nc1N1CCc2[nH]nc(-c3cccc(Cl)c3)c2C1. The van der Waals surface area contributed by atoms with Gasteiger partial charge >= 0.3 is 0 Å². The summed E-state index contributed by atoms with van der Waals surface area (Å²) < 4.78 is 0. The van der Waals surface area contributed by atoms with Gasteiger partial charge in [0.15, 0.2) is 5.82 Å². The van der Waals surface area contributed by atoms with Crippen LogP contribution in [0.4, 0.5) is 5.82 Å². The zero-order valence-corrected chi connectivity index (χ0v) is 15.7. The zero-order valence-electron chi connectivity index (χ0n) is 14.9. The highest BCUT2D eigenvalue weighted by Gasteiger charge is 2.25. The molecule has 6 heteroatoms. The monoisotopic (exact) mass is 375 g/mol. The summed E-state index contributed by atoms with van der Waals surface area (Å²) in [5.74, 6) is 0.942. The zero-order chi connectivity index (χ0) is 18.4. The van der Waals surface area contributed by atoms with Crippen molar-refractivity contribution in [3.8, 4) is 11.3 Å². The standard InChI is InChI=1S/C21H18ClN5/c1-13-21(24-19-8-3-2-7-18(19)23-13)27-10-9-17-16(12-27)20(26-25-17)14-5-4-6-15(22)11-14/h2-8,11H,9-10,12H2,1H3,(H,25,26). The van der Waals surface area contributed by atoms with Gasteiger partial charge in [-0.3, -0.25) is 5.10 Å². The molecule has 0 bridgehead atoms. The molecule has 0 fully saturated rings. The third-order valence-electron chi connectivity index (χ3n) is 5.05. The molecule has 0 radical (unpaired) electrons. The van der Waals surface area contributed by atoms with Crippen LogP contribution in [0.25, 0.3) is 22.3 Å². The summed E-state index contributed by atoms with van der Waals surface area (Å²) in [6.45, 7) is 3.66. The van der Waals surface area contributed by atoms with E-state index in [4.69, 9.17) is 21.6 Å². The number of rotatable bonds is 2. The van der Waals surface area contributed by atoms with E-state index in [1.807, 2.05) is 55.5 Å². The number of H-pyrrole nitrogens is 1. The van der Waals surface area contributed by atoms with E-state index in [0.29, 0.717) is 5.02 Å². The lowest BCUT2D eigenvalue weighted by atomic mass is 10.0. The first-order valence-corrected chi connectivity index (χ1v) is 9.37. The molecule has 0 aliphatic carbocycles. The van der Waals surface area contributed by atoms with E-state index in [9.17, 15) is 0 Å². The molecule has 0 amide bonds. The van der Waals surface area contributed by atoms with Gasteiger partial charge in [0.2, 0.25) is 0 Å². The van der Waals surface area contributed by atoms with Gasteiger partial charge < -0.3 is 4.90 Å². The van der Waals surface area contributed by atoms with Gasteiger partial charge in [-0.1, -0.05) is 35.9 Å². The van der Waals surface area contributed by atoms with Crippen LogP contribution in [0.3, 0.4) is 0 Å². The molecule has 4 aromatic rings.